The molecule has 0 bridgehead atoms. The Morgan fingerprint density at radius 2 is 2.36 bits per heavy atom. The van der Waals surface area contributed by atoms with Crippen LogP contribution in [0, 0.1) is 0 Å². The quantitative estimate of drug-likeness (QED) is 0.868. The van der Waals surface area contributed by atoms with Crippen molar-refractivity contribution >= 4 is 27.4 Å². The lowest BCUT2D eigenvalue weighted by Gasteiger charge is -2.05. The number of nitrogens with one attached hydrogen (secondary N) is 1. The highest BCUT2D eigenvalue weighted by atomic mass is 79.9. The van der Waals surface area contributed by atoms with Crippen molar-refractivity contribution in [3.05, 3.63) is 16.8 Å². The third-order valence-corrected chi connectivity index (χ3v) is 2.22. The van der Waals surface area contributed by atoms with Gasteiger partial charge in [-0.3, -0.25) is 4.68 Å². The fourth-order valence-corrected chi connectivity index (χ4v) is 1.39. The molecule has 4 nitrogen and oxygen atoms in total. The molecule has 1 aromatic rings. The first-order valence-electron chi connectivity index (χ1n) is 4.44. The van der Waals surface area contributed by atoms with Crippen molar-refractivity contribution < 1.29 is 0 Å². The van der Waals surface area contributed by atoms with Crippen LogP contribution >= 0.6 is 15.9 Å². The second kappa shape index (κ2) is 4.50. The van der Waals surface area contributed by atoms with Crippen LogP contribution in [0.1, 0.15) is 12.6 Å². The molecule has 0 fully saturated rings. The zero-order valence-electron chi connectivity index (χ0n) is 8.47. The van der Waals surface area contributed by atoms with Gasteiger partial charge >= 0.3 is 0 Å². The topological polar surface area (TPSA) is 55.9 Å². The zero-order chi connectivity index (χ0) is 10.7. The molecule has 0 aliphatic rings. The maximum atomic E-state index is 5.91. The molecule has 0 radical (unpaired) electrons. The molecule has 1 aromatic heterocycles. The molecule has 5 heteroatoms. The summed E-state index contributed by atoms with van der Waals surface area (Å²) < 4.78 is 2.64. The predicted octanol–water partition coefficient (Wildman–Crippen LogP) is 1.89. The van der Waals surface area contributed by atoms with Crippen LogP contribution in [0.25, 0.3) is 0 Å². The number of halogens is 1. The van der Waals surface area contributed by atoms with E-state index in [2.05, 4.69) is 32.9 Å². The highest BCUT2D eigenvalue weighted by Crippen LogP contribution is 2.22. The van der Waals surface area contributed by atoms with Gasteiger partial charge in [0.05, 0.1) is 11.4 Å². The van der Waals surface area contributed by atoms with E-state index in [0.29, 0.717) is 6.54 Å². The lowest BCUT2D eigenvalue weighted by molar-refractivity contribution is 0.750. The molecule has 0 spiro atoms. The Kier molecular flexibility index (Phi) is 3.57. The Labute approximate surface area is 92.3 Å². The van der Waals surface area contributed by atoms with Crippen molar-refractivity contribution in [2.75, 3.05) is 17.6 Å². The van der Waals surface area contributed by atoms with Crippen LogP contribution in [0.15, 0.2) is 11.1 Å². The standard InChI is InChI=1S/C9H15BrN4/c1-4-7-8(11)9(14(3)13-7)12-5-6(2)10/h12H,2,4-5,11H2,1,3H3. The number of nitrogen functional groups attached to an aromatic ring is 1. The zero-order valence-corrected chi connectivity index (χ0v) is 10.1. The van der Waals surface area contributed by atoms with Crippen molar-refractivity contribution in [3.63, 3.8) is 0 Å². The SMILES string of the molecule is C=C(Br)CNc1c(N)c(CC)nn1C. The Bertz CT molecular complexity index is 343. The summed E-state index contributed by atoms with van der Waals surface area (Å²) in [6.45, 7) is 6.42. The number of nitrogens with two attached hydrogens (primary N) is 1. The molecule has 0 saturated carbocycles. The van der Waals surface area contributed by atoms with Crippen LogP contribution in [0.4, 0.5) is 11.5 Å². The van der Waals surface area contributed by atoms with Gasteiger partial charge in [0.2, 0.25) is 0 Å². The van der Waals surface area contributed by atoms with Gasteiger partial charge in [0.25, 0.3) is 0 Å². The molecule has 78 valence electrons. The summed E-state index contributed by atoms with van der Waals surface area (Å²) in [4.78, 5) is 0. The Balaban J connectivity index is 2.85. The monoisotopic (exact) mass is 258 g/mol. The molecular formula is C9H15BrN4. The summed E-state index contributed by atoms with van der Waals surface area (Å²) in [6, 6.07) is 0. The molecule has 0 atom stereocenters. The van der Waals surface area contributed by atoms with E-state index >= 15 is 0 Å². The van der Waals surface area contributed by atoms with Crippen molar-refractivity contribution in [2.45, 2.75) is 13.3 Å². The smallest absolute Gasteiger partial charge is 0.148 e. The van der Waals surface area contributed by atoms with Crippen molar-refractivity contribution in [3.8, 4) is 0 Å². The minimum Gasteiger partial charge on any atom is -0.394 e. The summed E-state index contributed by atoms with van der Waals surface area (Å²) >= 11 is 3.28. The second-order valence-electron chi connectivity index (χ2n) is 3.06. The van der Waals surface area contributed by atoms with E-state index in [0.717, 1.165) is 28.1 Å². The minimum absolute atomic E-state index is 0.646. The fraction of sp³-hybridized carbons (Fsp3) is 0.444. The first-order chi connectivity index (χ1) is 6.56. The molecule has 0 unspecified atom stereocenters. The summed E-state index contributed by atoms with van der Waals surface area (Å²) in [5, 5.41) is 7.46. The third-order valence-electron chi connectivity index (χ3n) is 1.94. The van der Waals surface area contributed by atoms with Gasteiger partial charge in [0.1, 0.15) is 5.82 Å². The van der Waals surface area contributed by atoms with Gasteiger partial charge in [0, 0.05) is 18.1 Å². The number of anilines is 2. The molecule has 1 rings (SSSR count). The average Bonchev–Trinajstić information content (AvgIpc) is 2.39. The first-order valence-corrected chi connectivity index (χ1v) is 5.24. The van der Waals surface area contributed by atoms with Crippen LogP contribution in [-0.2, 0) is 13.5 Å². The largest absolute Gasteiger partial charge is 0.394 e. The normalized spacial score (nSPS) is 10.2. The van der Waals surface area contributed by atoms with Gasteiger partial charge in [-0.25, -0.2) is 0 Å². The van der Waals surface area contributed by atoms with E-state index in [-0.39, 0.29) is 0 Å². The van der Waals surface area contributed by atoms with E-state index < -0.39 is 0 Å². The summed E-state index contributed by atoms with van der Waals surface area (Å²) in [5.74, 6) is 0.849. The van der Waals surface area contributed by atoms with E-state index in [4.69, 9.17) is 5.73 Å². The first kappa shape index (κ1) is 11.1. The molecule has 0 amide bonds. The van der Waals surface area contributed by atoms with E-state index in [1.54, 1.807) is 4.68 Å². The minimum atomic E-state index is 0.646. The lowest BCUT2D eigenvalue weighted by atomic mass is 10.3. The highest BCUT2D eigenvalue weighted by molar-refractivity contribution is 9.11. The molecular weight excluding hydrogens is 244 g/mol. The molecule has 3 N–H and O–H groups in total. The fourth-order valence-electron chi connectivity index (χ4n) is 1.25. The number of hydrogen-bond acceptors (Lipinski definition) is 3. The van der Waals surface area contributed by atoms with Gasteiger partial charge in [-0.05, 0) is 6.42 Å². The Morgan fingerprint density at radius 1 is 1.71 bits per heavy atom. The van der Waals surface area contributed by atoms with Crippen LogP contribution in [0.3, 0.4) is 0 Å². The van der Waals surface area contributed by atoms with Crippen LogP contribution in [-0.4, -0.2) is 16.3 Å². The molecule has 0 aliphatic carbocycles. The van der Waals surface area contributed by atoms with Crippen LogP contribution < -0.4 is 11.1 Å². The van der Waals surface area contributed by atoms with E-state index in [1.807, 2.05) is 14.0 Å². The maximum absolute atomic E-state index is 5.91. The molecule has 14 heavy (non-hydrogen) atoms. The van der Waals surface area contributed by atoms with Crippen LogP contribution in [0.2, 0.25) is 0 Å². The average molecular weight is 259 g/mol. The van der Waals surface area contributed by atoms with Crippen molar-refractivity contribution in [1.29, 1.82) is 0 Å². The maximum Gasteiger partial charge on any atom is 0.148 e. The Morgan fingerprint density at radius 3 is 2.79 bits per heavy atom. The summed E-state index contributed by atoms with van der Waals surface area (Å²) in [5.41, 5.74) is 7.56. The highest BCUT2D eigenvalue weighted by Gasteiger charge is 2.10. The van der Waals surface area contributed by atoms with E-state index in [9.17, 15) is 0 Å². The number of rotatable bonds is 4. The third kappa shape index (κ3) is 2.29. The number of nitrogens with zero attached hydrogens (tertiary/aromatic N) is 2. The lowest BCUT2D eigenvalue weighted by Crippen LogP contribution is -2.07. The molecule has 0 aromatic carbocycles. The van der Waals surface area contributed by atoms with E-state index in [1.165, 1.54) is 0 Å². The Hall–Kier alpha value is -0.970. The van der Waals surface area contributed by atoms with Crippen LogP contribution in [0.5, 0.6) is 0 Å². The molecule has 0 saturated heterocycles. The second-order valence-corrected chi connectivity index (χ2v) is 4.18. The predicted molar refractivity (Wildman–Crippen MR) is 63.6 cm³/mol. The van der Waals surface area contributed by atoms with Crippen molar-refractivity contribution in [1.82, 2.24) is 9.78 Å². The van der Waals surface area contributed by atoms with Gasteiger partial charge < -0.3 is 11.1 Å². The summed E-state index contributed by atoms with van der Waals surface area (Å²) in [6.07, 6.45) is 0.844. The van der Waals surface area contributed by atoms with Gasteiger partial charge in [0.15, 0.2) is 0 Å². The van der Waals surface area contributed by atoms with Crippen molar-refractivity contribution in [2.24, 2.45) is 7.05 Å². The van der Waals surface area contributed by atoms with Gasteiger partial charge in [-0.2, -0.15) is 5.10 Å². The number of hydrogen-bond donors (Lipinski definition) is 2. The van der Waals surface area contributed by atoms with Gasteiger partial charge in [-0.1, -0.05) is 29.4 Å². The number of aryl methyl sites for hydroxylation is 2. The summed E-state index contributed by atoms with van der Waals surface area (Å²) in [7, 11) is 1.87. The van der Waals surface area contributed by atoms with Gasteiger partial charge in [-0.15, -0.1) is 0 Å². The molecule has 0 aliphatic heterocycles. The number of aromatic nitrogens is 2. The molecule has 1 heterocycles.